The first kappa shape index (κ1) is 11.9. The first-order valence-electron chi connectivity index (χ1n) is 5.43. The maximum Gasteiger partial charge on any atom is 0.148 e. The van der Waals surface area contributed by atoms with Crippen molar-refractivity contribution in [1.82, 2.24) is 0 Å². The van der Waals surface area contributed by atoms with Crippen molar-refractivity contribution in [3.05, 3.63) is 53.3 Å². The molecule has 0 heterocycles. The van der Waals surface area contributed by atoms with Crippen LogP contribution >= 0.6 is 0 Å². The summed E-state index contributed by atoms with van der Waals surface area (Å²) < 4.78 is 13.6. The van der Waals surface area contributed by atoms with Gasteiger partial charge in [-0.05, 0) is 36.8 Å². The molecule has 0 atom stereocenters. The van der Waals surface area contributed by atoms with Crippen molar-refractivity contribution in [2.24, 2.45) is 0 Å². The first-order chi connectivity index (χ1) is 8.61. The van der Waals surface area contributed by atoms with Crippen LogP contribution in [0.3, 0.4) is 0 Å². The molecule has 0 aromatic heterocycles. The number of nitrogens with zero attached hydrogens (tertiary/aromatic N) is 1. The Morgan fingerprint density at radius 1 is 1.22 bits per heavy atom. The minimum absolute atomic E-state index is 0.298. The zero-order valence-corrected chi connectivity index (χ0v) is 9.87. The number of nitrogens with one attached hydrogen (secondary N) is 1. The molecule has 4 heteroatoms. The minimum Gasteiger partial charge on any atom is -0.399 e. The molecule has 0 fully saturated rings. The number of halogens is 1. The highest BCUT2D eigenvalue weighted by Gasteiger charge is 2.08. The van der Waals surface area contributed by atoms with Gasteiger partial charge in [0, 0.05) is 5.69 Å². The van der Waals surface area contributed by atoms with Gasteiger partial charge in [0.05, 0.1) is 16.9 Å². The average molecular weight is 241 g/mol. The van der Waals surface area contributed by atoms with Gasteiger partial charge < -0.3 is 11.1 Å². The number of rotatable bonds is 2. The highest BCUT2D eigenvalue weighted by Crippen LogP contribution is 2.25. The lowest BCUT2D eigenvalue weighted by atomic mass is 10.1. The number of aryl methyl sites for hydroxylation is 1. The van der Waals surface area contributed by atoms with Crippen molar-refractivity contribution in [3.63, 3.8) is 0 Å². The molecule has 0 saturated heterocycles. The third kappa shape index (κ3) is 2.25. The summed E-state index contributed by atoms with van der Waals surface area (Å²) in [5.74, 6) is -0.444. The van der Waals surface area contributed by atoms with E-state index in [1.54, 1.807) is 18.2 Å². The van der Waals surface area contributed by atoms with E-state index in [0.29, 0.717) is 22.6 Å². The van der Waals surface area contributed by atoms with Crippen LogP contribution in [0.15, 0.2) is 36.4 Å². The summed E-state index contributed by atoms with van der Waals surface area (Å²) in [7, 11) is 0. The lowest BCUT2D eigenvalue weighted by Crippen LogP contribution is -1.98. The fourth-order valence-electron chi connectivity index (χ4n) is 1.70. The molecule has 0 spiro atoms. The van der Waals surface area contributed by atoms with Crippen LogP contribution in [0.2, 0.25) is 0 Å². The van der Waals surface area contributed by atoms with Gasteiger partial charge in [0.2, 0.25) is 0 Å². The summed E-state index contributed by atoms with van der Waals surface area (Å²) in [6.07, 6.45) is 0. The van der Waals surface area contributed by atoms with Crippen LogP contribution in [0.5, 0.6) is 0 Å². The van der Waals surface area contributed by atoms with Crippen molar-refractivity contribution in [1.29, 1.82) is 5.26 Å². The van der Waals surface area contributed by atoms with Crippen LogP contribution in [-0.2, 0) is 0 Å². The molecular weight excluding hydrogens is 229 g/mol. The zero-order chi connectivity index (χ0) is 13.1. The molecule has 0 unspecified atom stereocenters. The number of anilines is 3. The largest absolute Gasteiger partial charge is 0.399 e. The Labute approximate surface area is 105 Å². The van der Waals surface area contributed by atoms with Crippen LogP contribution in [0.1, 0.15) is 11.1 Å². The molecule has 2 rings (SSSR count). The zero-order valence-electron chi connectivity index (χ0n) is 9.87. The van der Waals surface area contributed by atoms with Crippen molar-refractivity contribution >= 4 is 17.1 Å². The predicted octanol–water partition coefficient (Wildman–Crippen LogP) is 3.33. The monoisotopic (exact) mass is 241 g/mol. The van der Waals surface area contributed by atoms with E-state index in [4.69, 9.17) is 11.0 Å². The topological polar surface area (TPSA) is 61.8 Å². The van der Waals surface area contributed by atoms with E-state index in [2.05, 4.69) is 11.4 Å². The Morgan fingerprint density at radius 2 is 2.00 bits per heavy atom. The van der Waals surface area contributed by atoms with E-state index in [0.717, 1.165) is 5.56 Å². The standard InChI is InChI=1S/C14H12FN3/c1-9-3-2-4-13(11(9)8-16)18-14-6-5-10(17)7-12(14)15/h2-7,18H,17H2,1H3. The van der Waals surface area contributed by atoms with Gasteiger partial charge >= 0.3 is 0 Å². The molecule has 0 aliphatic rings. The summed E-state index contributed by atoms with van der Waals surface area (Å²) in [5.41, 5.74) is 8.08. The van der Waals surface area contributed by atoms with Crippen molar-refractivity contribution < 1.29 is 4.39 Å². The van der Waals surface area contributed by atoms with E-state index in [-0.39, 0.29) is 0 Å². The molecule has 3 N–H and O–H groups in total. The third-order valence-corrected chi connectivity index (χ3v) is 2.65. The summed E-state index contributed by atoms with van der Waals surface area (Å²) in [4.78, 5) is 0. The van der Waals surface area contributed by atoms with Crippen LogP contribution in [0, 0.1) is 24.1 Å². The fraction of sp³-hybridized carbons (Fsp3) is 0.0714. The van der Waals surface area contributed by atoms with Gasteiger partial charge in [-0.25, -0.2) is 4.39 Å². The second-order valence-corrected chi connectivity index (χ2v) is 3.97. The van der Waals surface area contributed by atoms with Gasteiger partial charge in [0.15, 0.2) is 0 Å². The minimum atomic E-state index is -0.444. The second kappa shape index (κ2) is 4.76. The number of benzene rings is 2. The van der Waals surface area contributed by atoms with Gasteiger partial charge in [-0.1, -0.05) is 12.1 Å². The Bertz CT molecular complexity index is 629. The number of nitriles is 1. The molecule has 0 radical (unpaired) electrons. The average Bonchev–Trinajstić information content (AvgIpc) is 2.33. The predicted molar refractivity (Wildman–Crippen MR) is 70.0 cm³/mol. The van der Waals surface area contributed by atoms with Gasteiger partial charge in [-0.2, -0.15) is 5.26 Å². The molecule has 0 saturated carbocycles. The van der Waals surface area contributed by atoms with Crippen LogP contribution in [0.4, 0.5) is 21.5 Å². The summed E-state index contributed by atoms with van der Waals surface area (Å²) >= 11 is 0. The van der Waals surface area contributed by atoms with Crippen molar-refractivity contribution in [3.8, 4) is 6.07 Å². The highest BCUT2D eigenvalue weighted by atomic mass is 19.1. The van der Waals surface area contributed by atoms with E-state index >= 15 is 0 Å². The molecule has 0 bridgehead atoms. The Hall–Kier alpha value is -2.54. The molecule has 0 aliphatic carbocycles. The summed E-state index contributed by atoms with van der Waals surface area (Å²) in [6, 6.07) is 11.9. The molecule has 18 heavy (non-hydrogen) atoms. The smallest absolute Gasteiger partial charge is 0.148 e. The maximum atomic E-state index is 13.6. The quantitative estimate of drug-likeness (QED) is 0.793. The number of nitrogen functional groups attached to an aromatic ring is 1. The molecule has 0 aliphatic heterocycles. The molecule has 2 aromatic carbocycles. The number of hydrogen-bond donors (Lipinski definition) is 2. The molecule has 3 nitrogen and oxygen atoms in total. The lowest BCUT2D eigenvalue weighted by Gasteiger charge is -2.10. The van der Waals surface area contributed by atoms with Gasteiger partial charge in [0.25, 0.3) is 0 Å². The van der Waals surface area contributed by atoms with Crippen molar-refractivity contribution in [2.75, 3.05) is 11.1 Å². The normalized spacial score (nSPS) is 9.83. The molecule has 2 aromatic rings. The fourth-order valence-corrected chi connectivity index (χ4v) is 1.70. The van der Waals surface area contributed by atoms with E-state index in [1.807, 2.05) is 19.1 Å². The molecule has 0 amide bonds. The molecular formula is C14H12FN3. The van der Waals surface area contributed by atoms with Gasteiger partial charge in [0.1, 0.15) is 11.9 Å². The van der Waals surface area contributed by atoms with Crippen molar-refractivity contribution in [2.45, 2.75) is 6.92 Å². The lowest BCUT2D eigenvalue weighted by molar-refractivity contribution is 0.632. The van der Waals surface area contributed by atoms with Crippen LogP contribution < -0.4 is 11.1 Å². The third-order valence-electron chi connectivity index (χ3n) is 2.65. The van der Waals surface area contributed by atoms with E-state index < -0.39 is 5.82 Å². The van der Waals surface area contributed by atoms with Gasteiger partial charge in [-0.15, -0.1) is 0 Å². The SMILES string of the molecule is Cc1cccc(Nc2ccc(N)cc2F)c1C#N. The van der Waals surface area contributed by atoms with E-state index in [1.165, 1.54) is 6.07 Å². The van der Waals surface area contributed by atoms with Crippen LogP contribution in [0.25, 0.3) is 0 Å². The second-order valence-electron chi connectivity index (χ2n) is 3.97. The van der Waals surface area contributed by atoms with E-state index in [9.17, 15) is 4.39 Å². The Kier molecular flexibility index (Phi) is 3.16. The Balaban J connectivity index is 2.41. The summed E-state index contributed by atoms with van der Waals surface area (Å²) in [5, 5.41) is 12.0. The summed E-state index contributed by atoms with van der Waals surface area (Å²) in [6.45, 7) is 1.84. The van der Waals surface area contributed by atoms with Crippen LogP contribution in [-0.4, -0.2) is 0 Å². The highest BCUT2D eigenvalue weighted by molar-refractivity contribution is 5.69. The first-order valence-corrected chi connectivity index (χ1v) is 5.43. The van der Waals surface area contributed by atoms with Gasteiger partial charge in [-0.3, -0.25) is 0 Å². The number of hydrogen-bond acceptors (Lipinski definition) is 3. The maximum absolute atomic E-state index is 13.6. The number of nitrogens with two attached hydrogens (primary N) is 1. The Morgan fingerprint density at radius 3 is 2.67 bits per heavy atom. The molecule has 90 valence electrons.